The Labute approximate surface area is 130 Å². The van der Waals surface area contributed by atoms with Gasteiger partial charge in [-0.05, 0) is 43.1 Å². The number of nitrogens with zero attached hydrogens (tertiary/aromatic N) is 3. The van der Waals surface area contributed by atoms with E-state index in [0.29, 0.717) is 6.61 Å². The molecule has 0 bridgehead atoms. The van der Waals surface area contributed by atoms with E-state index in [1.54, 1.807) is 0 Å². The minimum absolute atomic E-state index is 0.0430. The van der Waals surface area contributed by atoms with Crippen LogP contribution in [0, 0.1) is 0 Å². The lowest BCUT2D eigenvalue weighted by molar-refractivity contribution is 0.211. The van der Waals surface area contributed by atoms with Crippen LogP contribution >= 0.6 is 27.5 Å². The normalized spacial score (nSPS) is 10.7. The van der Waals surface area contributed by atoms with Crippen molar-refractivity contribution in [3.8, 4) is 12.0 Å². The molecule has 0 saturated carbocycles. The molecule has 1 aromatic carbocycles. The van der Waals surface area contributed by atoms with E-state index in [1.165, 1.54) is 0 Å². The van der Waals surface area contributed by atoms with E-state index in [2.05, 4.69) is 30.9 Å². The SMILES string of the molecule is CC(C)Oc1nc(Cl)nc(OCc2ccc(Br)cc2)n1. The number of hydrogen-bond donors (Lipinski definition) is 0. The quantitative estimate of drug-likeness (QED) is 0.816. The molecular weight excluding hydrogens is 346 g/mol. The van der Waals surface area contributed by atoms with Gasteiger partial charge in [-0.25, -0.2) is 0 Å². The molecule has 0 N–H and O–H groups in total. The first kappa shape index (κ1) is 15.0. The summed E-state index contributed by atoms with van der Waals surface area (Å²) in [5.74, 6) is 0. The highest BCUT2D eigenvalue weighted by atomic mass is 79.9. The van der Waals surface area contributed by atoms with E-state index in [1.807, 2.05) is 38.1 Å². The Hall–Kier alpha value is -1.40. The van der Waals surface area contributed by atoms with Gasteiger partial charge in [0.2, 0.25) is 5.28 Å². The van der Waals surface area contributed by atoms with Gasteiger partial charge in [-0.1, -0.05) is 28.1 Å². The predicted molar refractivity (Wildman–Crippen MR) is 79.1 cm³/mol. The average Bonchev–Trinajstić information content (AvgIpc) is 2.36. The monoisotopic (exact) mass is 357 g/mol. The lowest BCUT2D eigenvalue weighted by Crippen LogP contribution is -2.10. The fraction of sp³-hybridized carbons (Fsp3) is 0.308. The topological polar surface area (TPSA) is 57.1 Å². The molecule has 0 fully saturated rings. The number of benzene rings is 1. The van der Waals surface area contributed by atoms with Gasteiger partial charge < -0.3 is 9.47 Å². The molecule has 0 radical (unpaired) electrons. The molecule has 2 rings (SSSR count). The maximum absolute atomic E-state index is 5.81. The second-order valence-electron chi connectivity index (χ2n) is 4.25. The van der Waals surface area contributed by atoms with Crippen LogP contribution in [0.25, 0.3) is 0 Å². The molecule has 0 spiro atoms. The van der Waals surface area contributed by atoms with Gasteiger partial charge in [0.05, 0.1) is 6.10 Å². The van der Waals surface area contributed by atoms with Crippen molar-refractivity contribution >= 4 is 27.5 Å². The molecule has 106 valence electrons. The summed E-state index contributed by atoms with van der Waals surface area (Å²) in [5, 5.41) is 0.0430. The van der Waals surface area contributed by atoms with Crippen LogP contribution in [0.4, 0.5) is 0 Å². The molecule has 5 nitrogen and oxygen atoms in total. The number of aromatic nitrogens is 3. The van der Waals surface area contributed by atoms with Crippen molar-refractivity contribution in [2.45, 2.75) is 26.6 Å². The zero-order valence-electron chi connectivity index (χ0n) is 11.0. The van der Waals surface area contributed by atoms with E-state index in [9.17, 15) is 0 Å². The Morgan fingerprint density at radius 3 is 2.40 bits per heavy atom. The molecule has 0 unspecified atom stereocenters. The number of halogens is 2. The Balaban J connectivity index is 2.05. The molecule has 1 heterocycles. The van der Waals surface area contributed by atoms with Crippen LogP contribution in [0.3, 0.4) is 0 Å². The van der Waals surface area contributed by atoms with Crippen LogP contribution in [-0.4, -0.2) is 21.1 Å². The van der Waals surface area contributed by atoms with Crippen LogP contribution in [0.15, 0.2) is 28.7 Å². The van der Waals surface area contributed by atoms with Gasteiger partial charge in [-0.2, -0.15) is 9.97 Å². The Kier molecular flexibility index (Phi) is 5.14. The largest absolute Gasteiger partial charge is 0.461 e. The molecule has 1 aromatic heterocycles. The summed E-state index contributed by atoms with van der Waals surface area (Å²) in [4.78, 5) is 11.8. The minimum atomic E-state index is -0.0483. The number of ether oxygens (including phenoxy) is 2. The Morgan fingerprint density at radius 1 is 1.10 bits per heavy atom. The van der Waals surface area contributed by atoms with Crippen molar-refractivity contribution in [1.82, 2.24) is 15.0 Å². The summed E-state index contributed by atoms with van der Waals surface area (Å²) >= 11 is 9.18. The lowest BCUT2D eigenvalue weighted by atomic mass is 10.2. The number of hydrogen-bond acceptors (Lipinski definition) is 5. The molecule has 0 atom stereocenters. The third kappa shape index (κ3) is 4.61. The predicted octanol–water partition coefficient (Wildman–Crippen LogP) is 3.65. The second-order valence-corrected chi connectivity index (χ2v) is 5.51. The van der Waals surface area contributed by atoms with Crippen molar-refractivity contribution in [2.24, 2.45) is 0 Å². The van der Waals surface area contributed by atoms with E-state index in [-0.39, 0.29) is 23.4 Å². The van der Waals surface area contributed by atoms with Crippen LogP contribution in [0.5, 0.6) is 12.0 Å². The van der Waals surface area contributed by atoms with Gasteiger partial charge in [0.1, 0.15) is 6.61 Å². The van der Waals surface area contributed by atoms with Gasteiger partial charge in [-0.15, -0.1) is 4.98 Å². The van der Waals surface area contributed by atoms with Crippen molar-refractivity contribution in [3.63, 3.8) is 0 Å². The van der Waals surface area contributed by atoms with Gasteiger partial charge in [0.25, 0.3) is 0 Å². The van der Waals surface area contributed by atoms with Gasteiger partial charge >= 0.3 is 12.0 Å². The van der Waals surface area contributed by atoms with Gasteiger partial charge in [0, 0.05) is 4.47 Å². The standard InChI is InChI=1S/C13H13BrClN3O2/c1-8(2)20-13-17-11(15)16-12(18-13)19-7-9-3-5-10(14)6-4-9/h3-6,8H,7H2,1-2H3. The smallest absolute Gasteiger partial charge is 0.324 e. The molecule has 0 aliphatic heterocycles. The van der Waals surface area contributed by atoms with Gasteiger partial charge in [-0.3, -0.25) is 0 Å². The maximum Gasteiger partial charge on any atom is 0.324 e. The molecule has 7 heteroatoms. The van der Waals surface area contributed by atoms with E-state index in [4.69, 9.17) is 21.1 Å². The zero-order valence-corrected chi connectivity index (χ0v) is 13.3. The third-order valence-corrected chi connectivity index (χ3v) is 2.89. The van der Waals surface area contributed by atoms with E-state index in [0.717, 1.165) is 10.0 Å². The molecule has 0 aliphatic carbocycles. The molecule has 0 saturated heterocycles. The van der Waals surface area contributed by atoms with Crippen LogP contribution in [0.1, 0.15) is 19.4 Å². The van der Waals surface area contributed by atoms with Crippen molar-refractivity contribution in [1.29, 1.82) is 0 Å². The zero-order chi connectivity index (χ0) is 14.5. The van der Waals surface area contributed by atoms with Crippen molar-refractivity contribution < 1.29 is 9.47 Å². The summed E-state index contributed by atoms with van der Waals surface area (Å²) in [5.41, 5.74) is 0.996. The van der Waals surface area contributed by atoms with E-state index < -0.39 is 0 Å². The third-order valence-electron chi connectivity index (χ3n) is 2.19. The fourth-order valence-electron chi connectivity index (χ4n) is 1.37. The van der Waals surface area contributed by atoms with Crippen LogP contribution < -0.4 is 9.47 Å². The van der Waals surface area contributed by atoms with Crippen molar-refractivity contribution in [3.05, 3.63) is 39.6 Å². The highest BCUT2D eigenvalue weighted by Crippen LogP contribution is 2.16. The molecular formula is C13H13BrClN3O2. The highest BCUT2D eigenvalue weighted by Gasteiger charge is 2.09. The first-order valence-corrected chi connectivity index (χ1v) is 7.15. The van der Waals surface area contributed by atoms with Crippen LogP contribution in [-0.2, 0) is 6.61 Å². The number of rotatable bonds is 5. The summed E-state index contributed by atoms with van der Waals surface area (Å²) < 4.78 is 11.9. The second kappa shape index (κ2) is 6.85. The van der Waals surface area contributed by atoms with E-state index >= 15 is 0 Å². The summed E-state index contributed by atoms with van der Waals surface area (Å²) in [6.45, 7) is 4.09. The molecule has 0 aliphatic rings. The first-order valence-electron chi connectivity index (χ1n) is 5.98. The Morgan fingerprint density at radius 2 is 1.75 bits per heavy atom. The molecule has 0 amide bonds. The summed E-state index contributed by atoms with van der Waals surface area (Å²) in [6, 6.07) is 8.06. The lowest BCUT2D eigenvalue weighted by Gasteiger charge is -2.09. The maximum atomic E-state index is 5.81. The minimum Gasteiger partial charge on any atom is -0.461 e. The first-order chi connectivity index (χ1) is 9.52. The Bertz CT molecular complexity index is 578. The highest BCUT2D eigenvalue weighted by molar-refractivity contribution is 9.10. The summed E-state index contributed by atoms with van der Waals surface area (Å²) in [7, 11) is 0. The fourth-order valence-corrected chi connectivity index (χ4v) is 1.78. The van der Waals surface area contributed by atoms with Crippen molar-refractivity contribution in [2.75, 3.05) is 0 Å². The average molecular weight is 359 g/mol. The molecule has 2 aromatic rings. The molecule has 20 heavy (non-hydrogen) atoms. The summed E-state index contributed by atoms with van der Waals surface area (Å²) in [6.07, 6.45) is -0.0483. The van der Waals surface area contributed by atoms with Crippen LogP contribution in [0.2, 0.25) is 5.28 Å². The van der Waals surface area contributed by atoms with Gasteiger partial charge in [0.15, 0.2) is 0 Å².